The van der Waals surface area contributed by atoms with Crippen molar-refractivity contribution in [3.8, 4) is 0 Å². The van der Waals surface area contributed by atoms with Crippen molar-refractivity contribution in [1.29, 1.82) is 0 Å². The van der Waals surface area contributed by atoms with E-state index in [4.69, 9.17) is 15.0 Å². The Morgan fingerprint density at radius 3 is 1.94 bits per heavy atom. The smallest absolute Gasteiger partial charge is 0.297 e. The van der Waals surface area contributed by atoms with Crippen molar-refractivity contribution in [3.05, 3.63) is 37.2 Å². The summed E-state index contributed by atoms with van der Waals surface area (Å²) in [5, 5.41) is 19.5. The Hall–Kier alpha value is -2.07. The van der Waals surface area contributed by atoms with E-state index in [2.05, 4.69) is 10.3 Å². The Morgan fingerprint density at radius 1 is 1.06 bits per heavy atom. The number of rotatable bonds is 1. The van der Waals surface area contributed by atoms with E-state index in [1.807, 2.05) is 0 Å². The van der Waals surface area contributed by atoms with E-state index < -0.39 is 36.6 Å². The Morgan fingerprint density at radius 2 is 1.56 bits per heavy atom. The predicted molar refractivity (Wildman–Crippen MR) is 45.9 cm³/mol. The Labute approximate surface area is 86.7 Å². The van der Waals surface area contributed by atoms with Gasteiger partial charge in [-0.05, 0) is 0 Å². The van der Waals surface area contributed by atoms with Crippen LogP contribution in [0.25, 0.3) is 0 Å². The van der Waals surface area contributed by atoms with Gasteiger partial charge in [-0.25, -0.2) is 0 Å². The van der Waals surface area contributed by atoms with Gasteiger partial charge in [-0.15, -0.1) is 0 Å². The predicted octanol–water partition coefficient (Wildman–Crippen LogP) is -2.89. The lowest BCUT2D eigenvalue weighted by atomic mass is 10.3. The minimum atomic E-state index is -4.88. The number of nitrogens with zero attached hydrogens (tertiary/aromatic N) is 2. The molecule has 0 aliphatic carbocycles. The molecule has 0 aliphatic heterocycles. The summed E-state index contributed by atoms with van der Waals surface area (Å²) in [4.78, 5) is 20.9. The first-order chi connectivity index (χ1) is 7.32. The zero-order chi connectivity index (χ0) is 12.5. The first kappa shape index (κ1) is 12.0. The SMILES string of the molecule is O=c1cc(S(=O)(=O)O)c(=NO)c(=NO)c1=O. The molecule has 0 fully saturated rings. The third-order valence-electron chi connectivity index (χ3n) is 1.64. The van der Waals surface area contributed by atoms with E-state index in [-0.39, 0.29) is 6.07 Å². The summed E-state index contributed by atoms with van der Waals surface area (Å²) >= 11 is 0. The van der Waals surface area contributed by atoms with Crippen LogP contribution in [0.1, 0.15) is 0 Å². The van der Waals surface area contributed by atoms with Crippen molar-refractivity contribution in [1.82, 2.24) is 0 Å². The van der Waals surface area contributed by atoms with Crippen LogP contribution in [0.3, 0.4) is 0 Å². The molecule has 10 heteroatoms. The van der Waals surface area contributed by atoms with Gasteiger partial charge in [0.25, 0.3) is 15.5 Å². The van der Waals surface area contributed by atoms with Gasteiger partial charge in [0.05, 0.1) is 0 Å². The van der Waals surface area contributed by atoms with Crippen LogP contribution in [0.5, 0.6) is 0 Å². The molecule has 0 bridgehead atoms. The van der Waals surface area contributed by atoms with Crippen molar-refractivity contribution in [3.63, 3.8) is 0 Å². The largest absolute Gasteiger partial charge is 0.410 e. The standard InChI is InChI=1S/C6H4N2O7S/c9-2-1-3(16(13,14)15)4(7-11)5(8-12)6(2)10/h1,11-12H,(H,13,14,15). The Kier molecular flexibility index (Phi) is 2.87. The molecule has 86 valence electrons. The quantitative estimate of drug-likeness (QED) is 0.208. The molecular formula is C6H4N2O7S. The molecule has 0 saturated heterocycles. The van der Waals surface area contributed by atoms with Gasteiger partial charge in [0.2, 0.25) is 5.43 Å². The van der Waals surface area contributed by atoms with Crippen molar-refractivity contribution in [2.45, 2.75) is 4.90 Å². The fourth-order valence-corrected chi connectivity index (χ4v) is 1.62. The number of hydrogen-bond donors (Lipinski definition) is 3. The molecule has 9 nitrogen and oxygen atoms in total. The fourth-order valence-electron chi connectivity index (χ4n) is 0.980. The Bertz CT molecular complexity index is 739. The summed E-state index contributed by atoms with van der Waals surface area (Å²) in [5.74, 6) is 0. The summed E-state index contributed by atoms with van der Waals surface area (Å²) < 4.78 is 30.2. The fraction of sp³-hybridized carbons (Fsp3) is 0. The zero-order valence-electron chi connectivity index (χ0n) is 7.35. The second-order valence-electron chi connectivity index (χ2n) is 2.57. The second-order valence-corrected chi connectivity index (χ2v) is 3.96. The van der Waals surface area contributed by atoms with Crippen LogP contribution in [0.15, 0.2) is 30.9 Å². The van der Waals surface area contributed by atoms with Crippen molar-refractivity contribution < 1.29 is 23.4 Å². The first-order valence-electron chi connectivity index (χ1n) is 3.55. The molecule has 1 rings (SSSR count). The lowest BCUT2D eigenvalue weighted by molar-refractivity contribution is 0.284. The Balaban J connectivity index is 4.22. The summed E-state index contributed by atoms with van der Waals surface area (Å²) in [7, 11) is -4.88. The van der Waals surface area contributed by atoms with E-state index >= 15 is 0 Å². The maximum absolute atomic E-state index is 11.0. The van der Waals surface area contributed by atoms with E-state index in [9.17, 15) is 18.0 Å². The van der Waals surface area contributed by atoms with E-state index in [1.54, 1.807) is 0 Å². The van der Waals surface area contributed by atoms with Gasteiger partial charge >= 0.3 is 0 Å². The third kappa shape index (κ3) is 1.83. The molecule has 0 atom stereocenters. The number of hydrogen-bond acceptors (Lipinski definition) is 8. The molecule has 0 saturated carbocycles. The van der Waals surface area contributed by atoms with Crippen LogP contribution >= 0.6 is 0 Å². The molecular weight excluding hydrogens is 244 g/mol. The minimum absolute atomic E-state index is 0.265. The van der Waals surface area contributed by atoms with Gasteiger partial charge in [0, 0.05) is 6.07 Å². The number of benzene rings is 1. The monoisotopic (exact) mass is 248 g/mol. The van der Waals surface area contributed by atoms with E-state index in [0.29, 0.717) is 0 Å². The highest BCUT2D eigenvalue weighted by Crippen LogP contribution is 1.94. The summed E-state index contributed by atoms with van der Waals surface area (Å²) in [6.07, 6.45) is 0. The molecule has 3 N–H and O–H groups in total. The molecule has 0 aromatic heterocycles. The van der Waals surface area contributed by atoms with Crippen molar-refractivity contribution >= 4 is 10.1 Å². The minimum Gasteiger partial charge on any atom is -0.410 e. The van der Waals surface area contributed by atoms with Gasteiger partial charge in [0.15, 0.2) is 10.7 Å². The molecule has 0 amide bonds. The maximum Gasteiger partial charge on any atom is 0.297 e. The molecule has 1 aromatic carbocycles. The van der Waals surface area contributed by atoms with Gasteiger partial charge in [-0.3, -0.25) is 14.1 Å². The van der Waals surface area contributed by atoms with Crippen molar-refractivity contribution in [2.75, 3.05) is 0 Å². The molecule has 0 aliphatic rings. The van der Waals surface area contributed by atoms with E-state index in [0.717, 1.165) is 0 Å². The van der Waals surface area contributed by atoms with Crippen molar-refractivity contribution in [2.24, 2.45) is 10.3 Å². The molecule has 0 spiro atoms. The highest BCUT2D eigenvalue weighted by Gasteiger charge is 2.18. The van der Waals surface area contributed by atoms with E-state index in [1.165, 1.54) is 0 Å². The van der Waals surface area contributed by atoms with Crippen LogP contribution in [0.4, 0.5) is 0 Å². The highest BCUT2D eigenvalue weighted by atomic mass is 32.2. The van der Waals surface area contributed by atoms with Crippen LogP contribution in [0, 0.1) is 0 Å². The van der Waals surface area contributed by atoms with Crippen LogP contribution < -0.4 is 21.6 Å². The molecule has 0 radical (unpaired) electrons. The summed E-state index contributed by atoms with van der Waals surface area (Å²) in [6, 6.07) is 0.265. The molecule has 0 heterocycles. The van der Waals surface area contributed by atoms with Crippen LogP contribution in [-0.4, -0.2) is 23.4 Å². The average molecular weight is 248 g/mol. The summed E-state index contributed by atoms with van der Waals surface area (Å²) in [6.45, 7) is 0. The third-order valence-corrected chi connectivity index (χ3v) is 2.50. The average Bonchev–Trinajstić information content (AvgIpc) is 2.19. The molecule has 16 heavy (non-hydrogen) atoms. The molecule has 0 unspecified atom stereocenters. The normalized spacial score (nSPS) is 14.3. The van der Waals surface area contributed by atoms with Gasteiger partial charge in [-0.2, -0.15) is 8.42 Å². The van der Waals surface area contributed by atoms with Crippen LogP contribution in [-0.2, 0) is 10.1 Å². The second kappa shape index (κ2) is 3.83. The molecule has 1 aromatic rings. The van der Waals surface area contributed by atoms with Gasteiger partial charge in [-0.1, -0.05) is 10.3 Å². The van der Waals surface area contributed by atoms with Gasteiger partial charge in [0.1, 0.15) is 4.90 Å². The topological polar surface area (TPSA) is 154 Å². The lowest BCUT2D eigenvalue weighted by Gasteiger charge is -1.94. The highest BCUT2D eigenvalue weighted by molar-refractivity contribution is 7.85. The maximum atomic E-state index is 11.0. The first-order valence-corrected chi connectivity index (χ1v) is 4.99. The summed E-state index contributed by atoms with van der Waals surface area (Å²) in [5.41, 5.74) is -2.68. The zero-order valence-corrected chi connectivity index (χ0v) is 8.17. The van der Waals surface area contributed by atoms with Crippen LogP contribution in [0.2, 0.25) is 0 Å². The van der Waals surface area contributed by atoms with Gasteiger partial charge < -0.3 is 10.4 Å². The lowest BCUT2D eigenvalue weighted by Crippen LogP contribution is -2.49.